The number of phenolic OH excluding ortho intramolecular Hbond substituents is 1. The number of aromatic hydroxyl groups is 1. The zero-order valence-electron chi connectivity index (χ0n) is 10.5. The first kappa shape index (κ1) is 14.5. The first-order chi connectivity index (χ1) is 8.93. The fourth-order valence-electron chi connectivity index (χ4n) is 1.16. The van der Waals surface area contributed by atoms with Crippen LogP contribution in [0, 0.1) is 0 Å². The van der Waals surface area contributed by atoms with Crippen LogP contribution in [0.4, 0.5) is 4.79 Å². The number of ether oxygens (including phenoxy) is 1. The highest BCUT2D eigenvalue weighted by molar-refractivity contribution is 5.98. The maximum absolute atomic E-state index is 11.6. The van der Waals surface area contributed by atoms with Gasteiger partial charge in [-0.2, -0.15) is 0 Å². The van der Waals surface area contributed by atoms with Gasteiger partial charge in [0.2, 0.25) is 0 Å². The van der Waals surface area contributed by atoms with Gasteiger partial charge in [-0.15, -0.1) is 0 Å². The van der Waals surface area contributed by atoms with E-state index >= 15 is 0 Å². The molecule has 0 aliphatic rings. The van der Waals surface area contributed by atoms with Gasteiger partial charge >= 0.3 is 12.0 Å². The van der Waals surface area contributed by atoms with Gasteiger partial charge < -0.3 is 15.2 Å². The lowest BCUT2D eigenvalue weighted by atomic mass is 10.2. The van der Waals surface area contributed by atoms with E-state index in [0.29, 0.717) is 0 Å². The second kappa shape index (κ2) is 6.39. The monoisotopic (exact) mass is 266 g/mol. The first-order valence-electron chi connectivity index (χ1n) is 5.46. The Morgan fingerprint density at radius 2 is 1.79 bits per heavy atom. The summed E-state index contributed by atoms with van der Waals surface area (Å²) in [7, 11) is 1.36. The predicted octanol–water partition coefficient (Wildman–Crippen LogP) is 0.393. The van der Waals surface area contributed by atoms with Crippen molar-refractivity contribution in [3.05, 3.63) is 29.8 Å². The summed E-state index contributed by atoms with van der Waals surface area (Å²) in [6.07, 6.45) is -1.11. The van der Waals surface area contributed by atoms with E-state index in [-0.39, 0.29) is 11.3 Å². The van der Waals surface area contributed by atoms with Crippen LogP contribution in [0.2, 0.25) is 0 Å². The molecule has 0 spiro atoms. The van der Waals surface area contributed by atoms with E-state index in [4.69, 9.17) is 9.84 Å². The second-order valence-corrected chi connectivity index (χ2v) is 3.66. The third-order valence-corrected chi connectivity index (χ3v) is 2.22. The second-order valence-electron chi connectivity index (χ2n) is 3.66. The Hall–Kier alpha value is -2.57. The smallest absolute Gasteiger partial charge is 0.338 e. The molecule has 0 saturated carbocycles. The van der Waals surface area contributed by atoms with E-state index in [0.717, 1.165) is 0 Å². The number of amides is 3. The van der Waals surface area contributed by atoms with Crippen LogP contribution in [0.1, 0.15) is 17.3 Å². The van der Waals surface area contributed by atoms with Gasteiger partial charge in [-0.05, 0) is 31.2 Å². The van der Waals surface area contributed by atoms with Crippen molar-refractivity contribution < 1.29 is 24.2 Å². The van der Waals surface area contributed by atoms with E-state index in [1.165, 1.54) is 38.2 Å². The van der Waals surface area contributed by atoms with Gasteiger partial charge in [-0.25, -0.2) is 9.59 Å². The standard InChI is InChI=1S/C12H14N2O5/c1-7(10(16)14-12(18)13-2)19-11(17)8-3-5-9(15)6-4-8/h3-7,15H,1-2H3,(H2,13,14,16,18). The number of carbonyl (C=O) groups is 3. The van der Waals surface area contributed by atoms with E-state index in [1.807, 2.05) is 5.32 Å². The third kappa shape index (κ3) is 4.30. The number of rotatable bonds is 3. The van der Waals surface area contributed by atoms with Crippen molar-refractivity contribution in [2.75, 3.05) is 7.05 Å². The van der Waals surface area contributed by atoms with Crippen LogP contribution in [0.5, 0.6) is 5.75 Å². The van der Waals surface area contributed by atoms with Gasteiger partial charge in [-0.1, -0.05) is 0 Å². The van der Waals surface area contributed by atoms with Crippen molar-refractivity contribution in [3.8, 4) is 5.75 Å². The molecule has 0 saturated heterocycles. The molecule has 0 radical (unpaired) electrons. The minimum absolute atomic E-state index is 0.0157. The number of hydrogen-bond donors (Lipinski definition) is 3. The van der Waals surface area contributed by atoms with E-state index < -0.39 is 24.0 Å². The molecule has 0 aromatic heterocycles. The average molecular weight is 266 g/mol. The lowest BCUT2D eigenvalue weighted by molar-refractivity contribution is -0.127. The Morgan fingerprint density at radius 3 is 2.32 bits per heavy atom. The van der Waals surface area contributed by atoms with Crippen molar-refractivity contribution in [1.29, 1.82) is 0 Å². The fourth-order valence-corrected chi connectivity index (χ4v) is 1.16. The molecule has 1 atom stereocenters. The number of phenols is 1. The summed E-state index contributed by atoms with van der Waals surface area (Å²) in [4.78, 5) is 34.0. The lowest BCUT2D eigenvalue weighted by Crippen LogP contribution is -2.43. The van der Waals surface area contributed by atoms with Crippen molar-refractivity contribution in [3.63, 3.8) is 0 Å². The van der Waals surface area contributed by atoms with Crippen LogP contribution < -0.4 is 10.6 Å². The molecule has 19 heavy (non-hydrogen) atoms. The molecule has 0 aliphatic heterocycles. The van der Waals surface area contributed by atoms with Crippen LogP contribution in [0.3, 0.4) is 0 Å². The number of carbonyl (C=O) groups excluding carboxylic acids is 3. The van der Waals surface area contributed by atoms with Gasteiger partial charge in [0.1, 0.15) is 5.75 Å². The van der Waals surface area contributed by atoms with Gasteiger partial charge in [0, 0.05) is 7.05 Å². The van der Waals surface area contributed by atoms with Gasteiger partial charge in [0.05, 0.1) is 5.56 Å². The summed E-state index contributed by atoms with van der Waals surface area (Å²) in [5, 5.41) is 13.3. The molecule has 3 amide bonds. The maximum Gasteiger partial charge on any atom is 0.338 e. The van der Waals surface area contributed by atoms with E-state index in [1.54, 1.807) is 0 Å². The third-order valence-electron chi connectivity index (χ3n) is 2.22. The van der Waals surface area contributed by atoms with Gasteiger partial charge in [0.25, 0.3) is 5.91 Å². The van der Waals surface area contributed by atoms with Crippen LogP contribution >= 0.6 is 0 Å². The molecule has 1 aromatic carbocycles. The quantitative estimate of drug-likeness (QED) is 0.686. The first-order valence-corrected chi connectivity index (χ1v) is 5.46. The highest BCUT2D eigenvalue weighted by Crippen LogP contribution is 2.11. The Morgan fingerprint density at radius 1 is 1.21 bits per heavy atom. The normalized spacial score (nSPS) is 11.3. The zero-order valence-corrected chi connectivity index (χ0v) is 10.5. The molecule has 1 rings (SSSR count). The van der Waals surface area contributed by atoms with Crippen molar-refractivity contribution in [1.82, 2.24) is 10.6 Å². The molecule has 3 N–H and O–H groups in total. The Bertz CT molecular complexity index is 483. The summed E-state index contributed by atoms with van der Waals surface area (Å²) in [6.45, 7) is 1.34. The Balaban J connectivity index is 2.59. The topological polar surface area (TPSA) is 105 Å². The minimum atomic E-state index is -1.11. The van der Waals surface area contributed by atoms with Crippen molar-refractivity contribution in [2.24, 2.45) is 0 Å². The summed E-state index contributed by atoms with van der Waals surface area (Å²) < 4.78 is 4.87. The Kier molecular flexibility index (Phi) is 4.87. The summed E-state index contributed by atoms with van der Waals surface area (Å²) in [6, 6.07) is 4.69. The van der Waals surface area contributed by atoms with Gasteiger partial charge in [-0.3, -0.25) is 10.1 Å². The highest BCUT2D eigenvalue weighted by atomic mass is 16.5. The molecule has 0 bridgehead atoms. The molecule has 102 valence electrons. The fraction of sp³-hybridized carbons (Fsp3) is 0.250. The molecule has 1 unspecified atom stereocenters. The number of urea groups is 1. The molecule has 0 fully saturated rings. The van der Waals surface area contributed by atoms with Gasteiger partial charge in [0.15, 0.2) is 6.10 Å². The molecular formula is C12H14N2O5. The van der Waals surface area contributed by atoms with Crippen molar-refractivity contribution >= 4 is 17.9 Å². The summed E-state index contributed by atoms with van der Waals surface area (Å²) >= 11 is 0. The SMILES string of the molecule is CNC(=O)NC(=O)C(C)OC(=O)c1ccc(O)cc1. The van der Waals surface area contributed by atoms with Crippen LogP contribution in [0.25, 0.3) is 0 Å². The van der Waals surface area contributed by atoms with Crippen LogP contribution in [-0.4, -0.2) is 36.2 Å². The predicted molar refractivity (Wildman–Crippen MR) is 65.6 cm³/mol. The zero-order chi connectivity index (χ0) is 14.4. The van der Waals surface area contributed by atoms with E-state index in [2.05, 4.69) is 5.32 Å². The molecule has 1 aromatic rings. The van der Waals surface area contributed by atoms with E-state index in [9.17, 15) is 14.4 Å². The number of benzene rings is 1. The number of nitrogens with one attached hydrogen (secondary N) is 2. The molecular weight excluding hydrogens is 252 g/mol. The summed E-state index contributed by atoms with van der Waals surface area (Å²) in [5.41, 5.74) is 0.192. The number of imide groups is 1. The van der Waals surface area contributed by atoms with Crippen LogP contribution in [0.15, 0.2) is 24.3 Å². The van der Waals surface area contributed by atoms with Crippen LogP contribution in [-0.2, 0) is 9.53 Å². The molecule has 0 heterocycles. The average Bonchev–Trinajstić information content (AvgIpc) is 2.38. The molecule has 0 aliphatic carbocycles. The lowest BCUT2D eigenvalue weighted by Gasteiger charge is -2.12. The Labute approximate surface area is 109 Å². The maximum atomic E-state index is 11.6. The molecule has 7 nitrogen and oxygen atoms in total. The minimum Gasteiger partial charge on any atom is -0.508 e. The number of esters is 1. The largest absolute Gasteiger partial charge is 0.508 e. The molecule has 7 heteroatoms. The van der Waals surface area contributed by atoms with Crippen molar-refractivity contribution in [2.45, 2.75) is 13.0 Å². The highest BCUT2D eigenvalue weighted by Gasteiger charge is 2.20. The summed E-state index contributed by atoms with van der Waals surface area (Å²) in [5.74, 6) is -1.44. The number of hydrogen-bond acceptors (Lipinski definition) is 5.